The van der Waals surface area contributed by atoms with Crippen LogP contribution in [-0.4, -0.2) is 16.7 Å². The monoisotopic (exact) mass is 266 g/mol. The number of hydrogen-bond acceptors (Lipinski definition) is 3. The molecule has 3 nitrogen and oxygen atoms in total. The molecule has 0 atom stereocenters. The van der Waals surface area contributed by atoms with Gasteiger partial charge in [0.2, 0.25) is 0 Å². The molecule has 0 aromatic heterocycles. The van der Waals surface area contributed by atoms with E-state index in [9.17, 15) is 14.7 Å². The third-order valence-corrected chi connectivity index (χ3v) is 2.99. The molecule has 20 heavy (non-hydrogen) atoms. The number of phenolic OH excluding ortho intramolecular Hbond substituents is 1. The molecule has 0 saturated heterocycles. The third-order valence-electron chi connectivity index (χ3n) is 2.99. The molecule has 0 heterocycles. The van der Waals surface area contributed by atoms with E-state index in [1.807, 2.05) is 6.07 Å². The lowest BCUT2D eigenvalue weighted by molar-refractivity contribution is 0.0894. The Morgan fingerprint density at radius 2 is 1.65 bits per heavy atom. The Morgan fingerprint density at radius 3 is 2.30 bits per heavy atom. The van der Waals surface area contributed by atoms with E-state index in [-0.39, 0.29) is 23.7 Å². The van der Waals surface area contributed by atoms with E-state index in [1.165, 1.54) is 24.3 Å². The van der Waals surface area contributed by atoms with Gasteiger partial charge < -0.3 is 5.11 Å². The standard InChI is InChI=1S/C17H14O3/c1-2-12-10-14(8-9-15(12)18)17(20)11-16(19)13-6-4-3-5-7-13/h2-10,18H,1,11H2. The van der Waals surface area contributed by atoms with Gasteiger partial charge in [0, 0.05) is 16.7 Å². The maximum absolute atomic E-state index is 12.1. The number of aromatic hydroxyl groups is 1. The Labute approximate surface area is 117 Å². The zero-order valence-electron chi connectivity index (χ0n) is 10.9. The van der Waals surface area contributed by atoms with E-state index in [4.69, 9.17) is 0 Å². The van der Waals surface area contributed by atoms with E-state index >= 15 is 0 Å². The highest BCUT2D eigenvalue weighted by Crippen LogP contribution is 2.20. The lowest BCUT2D eigenvalue weighted by atomic mass is 10.00. The van der Waals surface area contributed by atoms with Gasteiger partial charge in [0.15, 0.2) is 11.6 Å². The molecule has 0 fully saturated rings. The maximum atomic E-state index is 12.1. The van der Waals surface area contributed by atoms with Crippen molar-refractivity contribution in [3.05, 3.63) is 71.8 Å². The van der Waals surface area contributed by atoms with Gasteiger partial charge in [-0.05, 0) is 18.2 Å². The summed E-state index contributed by atoms with van der Waals surface area (Å²) in [5.41, 5.74) is 1.38. The Morgan fingerprint density at radius 1 is 1.00 bits per heavy atom. The smallest absolute Gasteiger partial charge is 0.170 e. The van der Waals surface area contributed by atoms with Gasteiger partial charge in [-0.25, -0.2) is 0 Å². The molecule has 1 N–H and O–H groups in total. The predicted octanol–water partition coefficient (Wildman–Crippen LogP) is 3.49. The molecule has 2 aromatic rings. The molecule has 0 unspecified atom stereocenters. The summed E-state index contributed by atoms with van der Waals surface area (Å²) in [6, 6.07) is 13.2. The van der Waals surface area contributed by atoms with Crippen LogP contribution in [0.25, 0.3) is 6.08 Å². The minimum atomic E-state index is -0.276. The average molecular weight is 266 g/mol. The van der Waals surface area contributed by atoms with Crippen LogP contribution in [0.1, 0.15) is 32.7 Å². The van der Waals surface area contributed by atoms with Crippen LogP contribution < -0.4 is 0 Å². The van der Waals surface area contributed by atoms with Crippen LogP contribution in [0.15, 0.2) is 55.1 Å². The van der Waals surface area contributed by atoms with Crippen LogP contribution in [-0.2, 0) is 0 Å². The second kappa shape index (κ2) is 5.97. The van der Waals surface area contributed by atoms with Crippen molar-refractivity contribution in [1.29, 1.82) is 0 Å². The lowest BCUT2D eigenvalue weighted by Crippen LogP contribution is -2.08. The van der Waals surface area contributed by atoms with Crippen molar-refractivity contribution < 1.29 is 14.7 Å². The minimum absolute atomic E-state index is 0.0611. The number of hydrogen-bond donors (Lipinski definition) is 1. The van der Waals surface area contributed by atoms with Gasteiger partial charge in [0.1, 0.15) is 5.75 Å². The zero-order valence-corrected chi connectivity index (χ0v) is 10.9. The van der Waals surface area contributed by atoms with Crippen molar-refractivity contribution in [1.82, 2.24) is 0 Å². The molecule has 0 saturated carbocycles. The van der Waals surface area contributed by atoms with Crippen LogP contribution >= 0.6 is 0 Å². The first-order chi connectivity index (χ1) is 9.61. The van der Waals surface area contributed by atoms with Gasteiger partial charge in [0.05, 0.1) is 6.42 Å². The summed E-state index contributed by atoms with van der Waals surface area (Å²) in [5, 5.41) is 9.53. The highest BCUT2D eigenvalue weighted by molar-refractivity contribution is 6.13. The molecule has 0 spiro atoms. The quantitative estimate of drug-likeness (QED) is 0.665. The molecule has 2 rings (SSSR count). The third kappa shape index (κ3) is 3.01. The Hall–Kier alpha value is -2.68. The van der Waals surface area contributed by atoms with E-state index in [0.717, 1.165) is 0 Å². The van der Waals surface area contributed by atoms with E-state index in [0.29, 0.717) is 16.7 Å². The number of Topliss-reactive ketones (excluding diaryl/α,β-unsaturated/α-hetero) is 2. The van der Waals surface area contributed by atoms with Crippen LogP contribution in [0, 0.1) is 0 Å². The van der Waals surface area contributed by atoms with Crippen LogP contribution in [0.2, 0.25) is 0 Å². The largest absolute Gasteiger partial charge is 0.507 e. The van der Waals surface area contributed by atoms with E-state index in [2.05, 4.69) is 6.58 Å². The molecule has 100 valence electrons. The molecule has 3 heteroatoms. The second-order valence-corrected chi connectivity index (χ2v) is 4.37. The summed E-state index contributed by atoms with van der Waals surface area (Å²) in [6.45, 7) is 3.56. The van der Waals surface area contributed by atoms with Gasteiger partial charge in [-0.15, -0.1) is 0 Å². The van der Waals surface area contributed by atoms with Gasteiger partial charge in [-0.3, -0.25) is 9.59 Å². The first-order valence-electron chi connectivity index (χ1n) is 6.18. The highest BCUT2D eigenvalue weighted by atomic mass is 16.3. The van der Waals surface area contributed by atoms with Crippen molar-refractivity contribution in [2.45, 2.75) is 6.42 Å². The zero-order chi connectivity index (χ0) is 14.5. The molecular formula is C17H14O3. The SMILES string of the molecule is C=Cc1cc(C(=O)CC(=O)c2ccccc2)ccc1O. The average Bonchev–Trinajstić information content (AvgIpc) is 2.48. The maximum Gasteiger partial charge on any atom is 0.170 e. The summed E-state index contributed by atoms with van der Waals surface area (Å²) in [7, 11) is 0. The lowest BCUT2D eigenvalue weighted by Gasteiger charge is -2.04. The molecular weight excluding hydrogens is 252 g/mol. The Balaban J connectivity index is 2.16. The molecule has 0 bridgehead atoms. The van der Waals surface area contributed by atoms with Crippen molar-refractivity contribution in [2.75, 3.05) is 0 Å². The fourth-order valence-electron chi connectivity index (χ4n) is 1.87. The van der Waals surface area contributed by atoms with E-state index < -0.39 is 0 Å². The van der Waals surface area contributed by atoms with Gasteiger partial charge in [-0.1, -0.05) is 43.0 Å². The van der Waals surface area contributed by atoms with Gasteiger partial charge in [-0.2, -0.15) is 0 Å². The number of carbonyl (C=O) groups is 2. The second-order valence-electron chi connectivity index (χ2n) is 4.37. The molecule has 0 radical (unpaired) electrons. The minimum Gasteiger partial charge on any atom is -0.507 e. The van der Waals surface area contributed by atoms with Crippen molar-refractivity contribution >= 4 is 17.6 Å². The number of carbonyl (C=O) groups excluding carboxylic acids is 2. The number of rotatable bonds is 5. The predicted molar refractivity (Wildman–Crippen MR) is 77.9 cm³/mol. The summed E-state index contributed by atoms with van der Waals surface area (Å²) < 4.78 is 0. The molecule has 0 aliphatic carbocycles. The topological polar surface area (TPSA) is 54.4 Å². The Bertz CT molecular complexity index is 657. The highest BCUT2D eigenvalue weighted by Gasteiger charge is 2.14. The summed E-state index contributed by atoms with van der Waals surface area (Å²) >= 11 is 0. The molecule has 0 aliphatic heterocycles. The van der Waals surface area contributed by atoms with Crippen molar-refractivity contribution in [3.63, 3.8) is 0 Å². The fourth-order valence-corrected chi connectivity index (χ4v) is 1.87. The van der Waals surface area contributed by atoms with Gasteiger partial charge >= 0.3 is 0 Å². The molecule has 2 aromatic carbocycles. The first kappa shape index (κ1) is 13.7. The van der Waals surface area contributed by atoms with Crippen LogP contribution in [0.4, 0.5) is 0 Å². The summed E-state index contributed by atoms with van der Waals surface area (Å²) in [6.07, 6.45) is 1.27. The first-order valence-corrected chi connectivity index (χ1v) is 6.18. The van der Waals surface area contributed by atoms with Crippen LogP contribution in [0.3, 0.4) is 0 Å². The molecule has 0 aliphatic rings. The fraction of sp³-hybridized carbons (Fsp3) is 0.0588. The number of benzene rings is 2. The van der Waals surface area contributed by atoms with Crippen LogP contribution in [0.5, 0.6) is 5.75 Å². The van der Waals surface area contributed by atoms with E-state index in [1.54, 1.807) is 24.3 Å². The Kier molecular flexibility index (Phi) is 4.11. The van der Waals surface area contributed by atoms with Crippen molar-refractivity contribution in [2.24, 2.45) is 0 Å². The molecule has 0 amide bonds. The number of ketones is 2. The normalized spacial score (nSPS) is 10.0. The number of phenols is 1. The van der Waals surface area contributed by atoms with Gasteiger partial charge in [0.25, 0.3) is 0 Å². The summed E-state index contributed by atoms with van der Waals surface area (Å²) in [5.74, 6) is -0.434. The van der Waals surface area contributed by atoms with Crippen molar-refractivity contribution in [3.8, 4) is 5.75 Å². The summed E-state index contributed by atoms with van der Waals surface area (Å²) in [4.78, 5) is 24.0.